The Labute approximate surface area is 166 Å². The molecule has 27 heavy (non-hydrogen) atoms. The fourth-order valence-electron chi connectivity index (χ4n) is 2.40. The average Bonchev–Trinajstić information content (AvgIpc) is 3.14. The molecule has 1 atom stereocenters. The Bertz CT molecular complexity index is 894. The highest BCUT2D eigenvalue weighted by atomic mass is 32.2. The van der Waals surface area contributed by atoms with Gasteiger partial charge in [-0.05, 0) is 31.2 Å². The molecule has 3 rings (SSSR count). The van der Waals surface area contributed by atoms with Gasteiger partial charge in [0, 0.05) is 11.9 Å². The van der Waals surface area contributed by atoms with Gasteiger partial charge in [0.05, 0.1) is 22.0 Å². The molecule has 7 heteroatoms. The fourth-order valence-corrected chi connectivity index (χ4v) is 4.18. The van der Waals surface area contributed by atoms with Crippen LogP contribution in [0.15, 0.2) is 59.5 Å². The molecule has 0 N–H and O–H groups in total. The second kappa shape index (κ2) is 9.01. The van der Waals surface area contributed by atoms with Crippen LogP contribution in [-0.2, 0) is 14.3 Å². The first-order valence-corrected chi connectivity index (χ1v) is 10.3. The normalized spacial score (nSPS) is 11.9. The number of thioether (sulfide) groups is 1. The maximum absolute atomic E-state index is 12.4. The summed E-state index contributed by atoms with van der Waals surface area (Å²) < 4.78 is 6.21. The van der Waals surface area contributed by atoms with E-state index in [1.54, 1.807) is 23.3 Å². The molecule has 1 amide bonds. The second-order valence-electron chi connectivity index (χ2n) is 5.96. The number of benzene rings is 2. The van der Waals surface area contributed by atoms with Crippen LogP contribution in [0.2, 0.25) is 0 Å². The standard InChI is InChI=1S/C20H20N2O3S2/c1-14(20-21-16-10-6-7-11-17(16)27-20)22(2)18(23)12-25-19(24)13-26-15-8-4-3-5-9-15/h3-11,14H,12-13H2,1-2H3/t14-/m0/s1. The van der Waals surface area contributed by atoms with Gasteiger partial charge in [0.15, 0.2) is 6.61 Å². The monoisotopic (exact) mass is 400 g/mol. The maximum atomic E-state index is 12.4. The first-order chi connectivity index (χ1) is 13.0. The molecule has 0 saturated carbocycles. The van der Waals surface area contributed by atoms with Crippen molar-refractivity contribution in [2.24, 2.45) is 0 Å². The largest absolute Gasteiger partial charge is 0.455 e. The number of nitrogens with zero attached hydrogens (tertiary/aromatic N) is 2. The Balaban J connectivity index is 1.50. The van der Waals surface area contributed by atoms with Gasteiger partial charge in [-0.2, -0.15) is 0 Å². The first kappa shape index (κ1) is 19.4. The maximum Gasteiger partial charge on any atom is 0.316 e. The number of esters is 1. The van der Waals surface area contributed by atoms with E-state index >= 15 is 0 Å². The molecule has 0 radical (unpaired) electrons. The SMILES string of the molecule is C[C@@H](c1nc2ccccc2s1)N(C)C(=O)COC(=O)CSc1ccccc1. The smallest absolute Gasteiger partial charge is 0.316 e. The van der Waals surface area contributed by atoms with Gasteiger partial charge in [0.2, 0.25) is 0 Å². The van der Waals surface area contributed by atoms with E-state index in [9.17, 15) is 9.59 Å². The third kappa shape index (κ3) is 5.08. The molecule has 0 aliphatic heterocycles. The summed E-state index contributed by atoms with van der Waals surface area (Å²) in [5, 5.41) is 0.859. The lowest BCUT2D eigenvalue weighted by molar-refractivity contribution is -0.150. The Kier molecular flexibility index (Phi) is 6.47. The van der Waals surface area contributed by atoms with Crippen molar-refractivity contribution >= 4 is 45.2 Å². The van der Waals surface area contributed by atoms with Gasteiger partial charge in [0.25, 0.3) is 5.91 Å². The molecule has 1 aromatic heterocycles. The highest BCUT2D eigenvalue weighted by molar-refractivity contribution is 8.00. The lowest BCUT2D eigenvalue weighted by Crippen LogP contribution is -2.33. The zero-order chi connectivity index (χ0) is 19.2. The zero-order valence-electron chi connectivity index (χ0n) is 15.1. The van der Waals surface area contributed by atoms with Crippen molar-refractivity contribution in [3.05, 3.63) is 59.6 Å². The van der Waals surface area contributed by atoms with Crippen LogP contribution < -0.4 is 0 Å². The number of ether oxygens (including phenoxy) is 1. The molecule has 3 aromatic rings. The number of fused-ring (bicyclic) bond motifs is 1. The highest BCUT2D eigenvalue weighted by Crippen LogP contribution is 2.28. The van der Waals surface area contributed by atoms with Crippen LogP contribution in [0.5, 0.6) is 0 Å². The van der Waals surface area contributed by atoms with Crippen molar-refractivity contribution in [3.8, 4) is 0 Å². The number of rotatable bonds is 7. The number of hydrogen-bond donors (Lipinski definition) is 0. The van der Waals surface area contributed by atoms with Gasteiger partial charge in [-0.25, -0.2) is 4.98 Å². The van der Waals surface area contributed by atoms with Crippen molar-refractivity contribution in [1.29, 1.82) is 0 Å². The fraction of sp³-hybridized carbons (Fsp3) is 0.250. The van der Waals surface area contributed by atoms with E-state index in [1.807, 2.05) is 61.5 Å². The zero-order valence-corrected chi connectivity index (χ0v) is 16.8. The molecule has 0 aliphatic carbocycles. The third-order valence-electron chi connectivity index (χ3n) is 4.10. The Hall–Kier alpha value is -2.38. The van der Waals surface area contributed by atoms with Crippen molar-refractivity contribution in [2.75, 3.05) is 19.4 Å². The van der Waals surface area contributed by atoms with Gasteiger partial charge in [-0.1, -0.05) is 30.3 Å². The van der Waals surface area contributed by atoms with Crippen LogP contribution >= 0.6 is 23.1 Å². The van der Waals surface area contributed by atoms with Crippen LogP contribution in [0.25, 0.3) is 10.2 Å². The van der Waals surface area contributed by atoms with Crippen molar-refractivity contribution in [3.63, 3.8) is 0 Å². The summed E-state index contributed by atoms with van der Waals surface area (Å²) in [5.74, 6) is -0.480. The van der Waals surface area contributed by atoms with Crippen LogP contribution in [-0.4, -0.2) is 41.2 Å². The number of hydrogen-bond acceptors (Lipinski definition) is 6. The van der Waals surface area contributed by atoms with Crippen molar-refractivity contribution in [1.82, 2.24) is 9.88 Å². The minimum Gasteiger partial charge on any atom is -0.455 e. The lowest BCUT2D eigenvalue weighted by atomic mass is 10.3. The van der Waals surface area contributed by atoms with Crippen molar-refractivity contribution < 1.29 is 14.3 Å². The summed E-state index contributed by atoms with van der Waals surface area (Å²) >= 11 is 2.95. The van der Waals surface area contributed by atoms with E-state index in [2.05, 4.69) is 4.98 Å². The molecule has 0 fully saturated rings. The van der Waals surface area contributed by atoms with Crippen molar-refractivity contribution in [2.45, 2.75) is 17.9 Å². The Morgan fingerprint density at radius 3 is 2.59 bits per heavy atom. The number of amides is 1. The number of para-hydroxylation sites is 1. The van der Waals surface area contributed by atoms with Gasteiger partial charge < -0.3 is 9.64 Å². The summed E-state index contributed by atoms with van der Waals surface area (Å²) in [6.45, 7) is 1.66. The van der Waals surface area contributed by atoms with Crippen LogP contribution in [0.3, 0.4) is 0 Å². The predicted molar refractivity (Wildman–Crippen MR) is 109 cm³/mol. The second-order valence-corrected chi connectivity index (χ2v) is 8.07. The quantitative estimate of drug-likeness (QED) is 0.440. The summed E-state index contributed by atoms with van der Waals surface area (Å²) in [5.41, 5.74) is 0.926. The van der Waals surface area contributed by atoms with E-state index in [4.69, 9.17) is 4.74 Å². The molecule has 0 unspecified atom stereocenters. The van der Waals surface area contributed by atoms with Crippen LogP contribution in [0, 0.1) is 0 Å². The summed E-state index contributed by atoms with van der Waals surface area (Å²) in [4.78, 5) is 31.4. The molecular weight excluding hydrogens is 380 g/mol. The molecule has 2 aromatic carbocycles. The van der Waals surface area contributed by atoms with Gasteiger partial charge in [-0.15, -0.1) is 23.1 Å². The number of likely N-dealkylation sites (N-methyl/N-ethyl adjacent to an activating group) is 1. The van der Waals surface area contributed by atoms with E-state index in [0.29, 0.717) is 0 Å². The minimum absolute atomic E-state index is 0.175. The minimum atomic E-state index is -0.404. The molecule has 5 nitrogen and oxygen atoms in total. The lowest BCUT2D eigenvalue weighted by Gasteiger charge is -2.23. The summed E-state index contributed by atoms with van der Waals surface area (Å²) in [6, 6.07) is 17.3. The average molecular weight is 401 g/mol. The molecular formula is C20H20N2O3S2. The molecule has 0 spiro atoms. The summed E-state index contributed by atoms with van der Waals surface area (Å²) in [7, 11) is 1.70. The number of thiazole rings is 1. The number of carbonyl (C=O) groups is 2. The van der Waals surface area contributed by atoms with Gasteiger partial charge >= 0.3 is 5.97 Å². The predicted octanol–water partition coefficient (Wildman–Crippen LogP) is 4.15. The van der Waals surface area contributed by atoms with E-state index in [1.165, 1.54) is 11.8 Å². The first-order valence-electron chi connectivity index (χ1n) is 8.49. The molecule has 0 bridgehead atoms. The van der Waals surface area contributed by atoms with Crippen LogP contribution in [0.1, 0.15) is 18.0 Å². The summed E-state index contributed by atoms with van der Waals surface area (Å²) in [6.07, 6.45) is 0. The van der Waals surface area contributed by atoms with E-state index in [-0.39, 0.29) is 24.3 Å². The van der Waals surface area contributed by atoms with Gasteiger partial charge in [-0.3, -0.25) is 9.59 Å². The Morgan fingerprint density at radius 1 is 1.15 bits per heavy atom. The van der Waals surface area contributed by atoms with Crippen LogP contribution in [0.4, 0.5) is 0 Å². The van der Waals surface area contributed by atoms with E-state index < -0.39 is 5.97 Å². The number of carbonyl (C=O) groups excluding carboxylic acids is 2. The topological polar surface area (TPSA) is 59.5 Å². The van der Waals surface area contributed by atoms with Gasteiger partial charge in [0.1, 0.15) is 5.01 Å². The Morgan fingerprint density at radius 2 is 1.85 bits per heavy atom. The molecule has 140 valence electrons. The highest BCUT2D eigenvalue weighted by Gasteiger charge is 2.21. The molecule has 0 saturated heterocycles. The molecule has 0 aliphatic rings. The van der Waals surface area contributed by atoms with E-state index in [0.717, 1.165) is 20.1 Å². The number of aromatic nitrogens is 1. The molecule has 1 heterocycles. The third-order valence-corrected chi connectivity index (χ3v) is 6.29.